The molecule has 0 radical (unpaired) electrons. The molecule has 1 aliphatic rings. The summed E-state index contributed by atoms with van der Waals surface area (Å²) < 4.78 is 4.88. The van der Waals surface area contributed by atoms with Crippen molar-refractivity contribution in [2.24, 2.45) is 5.92 Å². The number of carbonyl (C=O) groups is 1. The molecule has 0 aromatic heterocycles. The smallest absolute Gasteiger partial charge is 0.379 e. The normalized spacial score (nSPS) is 24.2. The summed E-state index contributed by atoms with van der Waals surface area (Å²) in [4.78, 5) is 10.1. The first-order valence-corrected chi connectivity index (χ1v) is 4.54. The van der Waals surface area contributed by atoms with Crippen molar-refractivity contribution in [2.45, 2.75) is 26.2 Å². The number of ether oxygens (including phenoxy) is 1. The van der Waals surface area contributed by atoms with E-state index in [0.717, 1.165) is 30.9 Å². The lowest BCUT2D eigenvalue weighted by atomic mass is 9.95. The highest BCUT2D eigenvalue weighted by atomic mass is 79.9. The topological polar surface area (TPSA) is 26.3 Å². The zero-order valence-corrected chi connectivity index (χ0v) is 8.06. The number of hydrogen-bond acceptors (Lipinski definition) is 2. The minimum absolute atomic E-state index is 0.390. The fourth-order valence-corrected chi connectivity index (χ4v) is 1.34. The molecule has 0 spiro atoms. The third kappa shape index (κ3) is 3.06. The largest absolute Gasteiger partial charge is 0.423 e. The van der Waals surface area contributed by atoms with Crippen molar-refractivity contribution in [2.75, 3.05) is 0 Å². The highest BCUT2D eigenvalue weighted by molar-refractivity contribution is 9.18. The molecular formula is C8H11BrO2. The van der Waals surface area contributed by atoms with Crippen LogP contribution in [-0.4, -0.2) is 4.88 Å². The van der Waals surface area contributed by atoms with E-state index in [-0.39, 0.29) is 0 Å². The van der Waals surface area contributed by atoms with E-state index in [1.165, 1.54) is 0 Å². The predicted octanol–water partition coefficient (Wildman–Crippen LogP) is 3.22. The lowest BCUT2D eigenvalue weighted by molar-refractivity contribution is 0.199. The summed E-state index contributed by atoms with van der Waals surface area (Å²) in [6, 6.07) is 0. The molecule has 3 heteroatoms. The molecule has 0 aromatic rings. The van der Waals surface area contributed by atoms with Crippen molar-refractivity contribution in [3.05, 3.63) is 11.8 Å². The Balaban J connectivity index is 2.41. The van der Waals surface area contributed by atoms with Crippen LogP contribution in [-0.2, 0) is 4.74 Å². The summed E-state index contributed by atoms with van der Waals surface area (Å²) in [7, 11) is 0. The fourth-order valence-electron chi connectivity index (χ4n) is 1.14. The molecule has 0 fully saturated rings. The van der Waals surface area contributed by atoms with E-state index in [0.29, 0.717) is 0 Å². The number of halogens is 1. The second-order valence-electron chi connectivity index (χ2n) is 2.89. The van der Waals surface area contributed by atoms with Gasteiger partial charge in [0.15, 0.2) is 0 Å². The molecule has 0 aliphatic heterocycles. The highest BCUT2D eigenvalue weighted by Crippen LogP contribution is 2.23. The Kier molecular flexibility index (Phi) is 3.12. The fraction of sp³-hybridized carbons (Fsp3) is 0.625. The van der Waals surface area contributed by atoms with Gasteiger partial charge < -0.3 is 4.74 Å². The van der Waals surface area contributed by atoms with Crippen molar-refractivity contribution in [3.63, 3.8) is 0 Å². The standard InChI is InChI=1S/C8H11BrO2/c1-6-2-4-7(5-3-6)11-8(9)10/h4,6H,2-3,5H2,1H3. The summed E-state index contributed by atoms with van der Waals surface area (Å²) in [5, 5.41) is 0. The third-order valence-corrected chi connectivity index (χ3v) is 2.00. The number of allylic oxidation sites excluding steroid dienone is 2. The summed E-state index contributed by atoms with van der Waals surface area (Å²) in [6.45, 7) is 2.20. The van der Waals surface area contributed by atoms with Crippen LogP contribution >= 0.6 is 15.9 Å². The molecule has 1 unspecified atom stereocenters. The Labute approximate surface area is 74.7 Å². The van der Waals surface area contributed by atoms with E-state index in [1.807, 2.05) is 6.08 Å². The van der Waals surface area contributed by atoms with Gasteiger partial charge in [-0.25, -0.2) is 4.79 Å². The van der Waals surface area contributed by atoms with Crippen molar-refractivity contribution in [3.8, 4) is 0 Å². The molecule has 0 saturated heterocycles. The first-order chi connectivity index (χ1) is 5.18. The molecule has 1 atom stereocenters. The van der Waals surface area contributed by atoms with E-state index in [9.17, 15) is 4.79 Å². The first-order valence-electron chi connectivity index (χ1n) is 3.75. The van der Waals surface area contributed by atoms with Crippen LogP contribution in [0.25, 0.3) is 0 Å². The molecule has 11 heavy (non-hydrogen) atoms. The molecule has 1 rings (SSSR count). The lowest BCUT2D eigenvalue weighted by Crippen LogP contribution is -2.04. The minimum Gasteiger partial charge on any atom is -0.423 e. The molecule has 62 valence electrons. The summed E-state index contributed by atoms with van der Waals surface area (Å²) in [6.07, 6.45) is 5.02. The van der Waals surface area contributed by atoms with Crippen molar-refractivity contribution in [1.82, 2.24) is 0 Å². The molecule has 2 nitrogen and oxygen atoms in total. The van der Waals surface area contributed by atoms with Crippen LogP contribution in [0.3, 0.4) is 0 Å². The van der Waals surface area contributed by atoms with Crippen LogP contribution in [0.1, 0.15) is 26.2 Å². The molecule has 0 heterocycles. The van der Waals surface area contributed by atoms with Crippen LogP contribution in [0.2, 0.25) is 0 Å². The van der Waals surface area contributed by atoms with Gasteiger partial charge >= 0.3 is 4.88 Å². The van der Waals surface area contributed by atoms with Gasteiger partial charge in [-0.15, -0.1) is 0 Å². The van der Waals surface area contributed by atoms with Gasteiger partial charge in [0, 0.05) is 22.4 Å². The maximum atomic E-state index is 10.4. The monoisotopic (exact) mass is 218 g/mol. The third-order valence-electron chi connectivity index (χ3n) is 1.84. The summed E-state index contributed by atoms with van der Waals surface area (Å²) in [5.41, 5.74) is 0. The number of hydrogen-bond donors (Lipinski definition) is 0. The van der Waals surface area contributed by atoms with Crippen LogP contribution < -0.4 is 0 Å². The molecule has 0 N–H and O–H groups in total. The maximum absolute atomic E-state index is 10.4. The molecule has 0 amide bonds. The van der Waals surface area contributed by atoms with Crippen molar-refractivity contribution < 1.29 is 9.53 Å². The average molecular weight is 219 g/mol. The van der Waals surface area contributed by atoms with E-state index in [4.69, 9.17) is 4.74 Å². The van der Waals surface area contributed by atoms with Gasteiger partial charge in [-0.1, -0.05) is 6.92 Å². The van der Waals surface area contributed by atoms with Crippen molar-refractivity contribution >= 4 is 20.8 Å². The van der Waals surface area contributed by atoms with E-state index in [1.54, 1.807) is 0 Å². The van der Waals surface area contributed by atoms with Gasteiger partial charge in [-0.3, -0.25) is 0 Å². The van der Waals surface area contributed by atoms with E-state index in [2.05, 4.69) is 22.9 Å². The van der Waals surface area contributed by atoms with Gasteiger partial charge in [0.25, 0.3) is 0 Å². The molecule has 0 bridgehead atoms. The molecule has 0 saturated carbocycles. The van der Waals surface area contributed by atoms with Gasteiger partial charge in [0.1, 0.15) is 5.76 Å². The van der Waals surface area contributed by atoms with Gasteiger partial charge in [-0.05, 0) is 24.8 Å². The van der Waals surface area contributed by atoms with Crippen LogP contribution in [0.5, 0.6) is 0 Å². The minimum atomic E-state index is -0.390. The van der Waals surface area contributed by atoms with E-state index < -0.39 is 4.88 Å². The van der Waals surface area contributed by atoms with Gasteiger partial charge in [0.05, 0.1) is 0 Å². The average Bonchev–Trinajstić information content (AvgIpc) is 1.93. The lowest BCUT2D eigenvalue weighted by Gasteiger charge is -2.16. The Bertz CT molecular complexity index is 187. The van der Waals surface area contributed by atoms with Crippen LogP contribution in [0, 0.1) is 5.92 Å². The molecule has 1 aliphatic carbocycles. The van der Waals surface area contributed by atoms with E-state index >= 15 is 0 Å². The zero-order valence-electron chi connectivity index (χ0n) is 6.47. The summed E-state index contributed by atoms with van der Waals surface area (Å²) >= 11 is 2.72. The van der Waals surface area contributed by atoms with Crippen LogP contribution in [0.4, 0.5) is 4.79 Å². The molecule has 0 aromatic carbocycles. The molecular weight excluding hydrogens is 208 g/mol. The van der Waals surface area contributed by atoms with Gasteiger partial charge in [-0.2, -0.15) is 0 Å². The number of rotatable bonds is 1. The SMILES string of the molecule is CC1CC=C(OC(=O)Br)CC1. The maximum Gasteiger partial charge on any atom is 0.379 e. The first kappa shape index (κ1) is 8.78. The second-order valence-corrected chi connectivity index (χ2v) is 3.54. The Morgan fingerprint density at radius 2 is 2.55 bits per heavy atom. The Morgan fingerprint density at radius 3 is 3.00 bits per heavy atom. The second kappa shape index (κ2) is 3.90. The summed E-state index contributed by atoms with van der Waals surface area (Å²) in [5.74, 6) is 1.54. The Morgan fingerprint density at radius 1 is 1.82 bits per heavy atom. The van der Waals surface area contributed by atoms with Crippen LogP contribution in [0.15, 0.2) is 11.8 Å². The highest BCUT2D eigenvalue weighted by Gasteiger charge is 2.12. The Hall–Kier alpha value is -0.310. The zero-order chi connectivity index (χ0) is 8.27. The quantitative estimate of drug-likeness (QED) is 0.633. The van der Waals surface area contributed by atoms with Gasteiger partial charge in [0.2, 0.25) is 0 Å². The van der Waals surface area contributed by atoms with Crippen molar-refractivity contribution in [1.29, 1.82) is 0 Å². The predicted molar refractivity (Wildman–Crippen MR) is 46.5 cm³/mol. The number of carbonyl (C=O) groups excluding carboxylic acids is 1.